The molecule has 5 amide bonds. The molecule has 2 aliphatic rings. The first-order valence-electron chi connectivity index (χ1n) is 9.73. The van der Waals surface area contributed by atoms with Crippen LogP contribution in [0.3, 0.4) is 0 Å². The van der Waals surface area contributed by atoms with Gasteiger partial charge in [0.2, 0.25) is 5.91 Å². The normalized spacial score (nSPS) is 17.7. The third-order valence-electron chi connectivity index (χ3n) is 5.47. The lowest BCUT2D eigenvalue weighted by Gasteiger charge is -2.20. The lowest BCUT2D eigenvalue weighted by Crippen LogP contribution is -2.44. The van der Waals surface area contributed by atoms with Gasteiger partial charge in [-0.3, -0.25) is 19.3 Å². The molecule has 1 aromatic rings. The Hall–Kier alpha value is -2.90. The lowest BCUT2D eigenvalue weighted by molar-refractivity contribution is -0.133. The van der Waals surface area contributed by atoms with E-state index in [-0.39, 0.29) is 18.4 Å². The number of nitrogens with one attached hydrogen (secondary N) is 2. The second-order valence-corrected chi connectivity index (χ2v) is 7.21. The molecule has 1 heterocycles. The highest BCUT2D eigenvalue weighted by Gasteiger charge is 2.52. The summed E-state index contributed by atoms with van der Waals surface area (Å²) in [5.41, 5.74) is 0.228. The monoisotopic (exact) mass is 386 g/mol. The maximum absolute atomic E-state index is 12.6. The van der Waals surface area contributed by atoms with Crippen molar-refractivity contribution >= 4 is 29.4 Å². The second kappa shape index (κ2) is 8.00. The van der Waals surface area contributed by atoms with Gasteiger partial charge in [0, 0.05) is 24.3 Å². The number of carbonyl (C=O) groups is 4. The minimum absolute atomic E-state index is 0.0657. The van der Waals surface area contributed by atoms with E-state index in [1.807, 2.05) is 13.8 Å². The molecule has 0 atom stereocenters. The van der Waals surface area contributed by atoms with Gasteiger partial charge in [-0.15, -0.1) is 0 Å². The van der Waals surface area contributed by atoms with Crippen molar-refractivity contribution < 1.29 is 19.2 Å². The van der Waals surface area contributed by atoms with E-state index in [1.165, 1.54) is 0 Å². The molecule has 1 spiro atoms. The predicted octanol–water partition coefficient (Wildman–Crippen LogP) is 1.97. The minimum atomic E-state index is -0.816. The number of urea groups is 1. The van der Waals surface area contributed by atoms with Crippen LogP contribution in [0.1, 0.15) is 49.9 Å². The maximum Gasteiger partial charge on any atom is 0.325 e. The highest BCUT2D eigenvalue weighted by Crippen LogP contribution is 2.34. The van der Waals surface area contributed by atoms with Crippen LogP contribution in [-0.4, -0.2) is 58.7 Å². The molecule has 8 heteroatoms. The molecule has 1 aromatic carbocycles. The number of amides is 5. The van der Waals surface area contributed by atoms with E-state index >= 15 is 0 Å². The highest BCUT2D eigenvalue weighted by atomic mass is 16.2. The van der Waals surface area contributed by atoms with Gasteiger partial charge >= 0.3 is 6.03 Å². The third-order valence-corrected chi connectivity index (χ3v) is 5.47. The number of carbonyl (C=O) groups excluding carboxylic acids is 4. The van der Waals surface area contributed by atoms with Crippen LogP contribution in [-0.2, 0) is 9.59 Å². The molecule has 3 rings (SSSR count). The van der Waals surface area contributed by atoms with Crippen molar-refractivity contribution in [3.63, 3.8) is 0 Å². The van der Waals surface area contributed by atoms with Crippen LogP contribution in [0.15, 0.2) is 24.3 Å². The van der Waals surface area contributed by atoms with Gasteiger partial charge in [0.05, 0.1) is 0 Å². The van der Waals surface area contributed by atoms with Gasteiger partial charge in [-0.25, -0.2) is 4.79 Å². The van der Waals surface area contributed by atoms with Crippen molar-refractivity contribution in [1.29, 1.82) is 0 Å². The SMILES string of the molecule is CCN(CC)C(=O)c1ccc(NC(=O)CN2C(=O)NC3(CCCC3)C2=O)cc1. The molecule has 150 valence electrons. The number of benzene rings is 1. The average Bonchev–Trinajstić information content (AvgIpc) is 3.24. The predicted molar refractivity (Wildman–Crippen MR) is 104 cm³/mol. The molecule has 8 nitrogen and oxygen atoms in total. The van der Waals surface area contributed by atoms with Gasteiger partial charge in [-0.2, -0.15) is 0 Å². The fourth-order valence-corrected chi connectivity index (χ4v) is 3.87. The molecule has 0 bridgehead atoms. The molecule has 2 fully saturated rings. The van der Waals surface area contributed by atoms with Crippen molar-refractivity contribution in [2.24, 2.45) is 0 Å². The number of nitrogens with zero attached hydrogens (tertiary/aromatic N) is 2. The van der Waals surface area contributed by atoms with Crippen molar-refractivity contribution in [3.8, 4) is 0 Å². The van der Waals surface area contributed by atoms with Crippen LogP contribution in [0.4, 0.5) is 10.5 Å². The summed E-state index contributed by atoms with van der Waals surface area (Å²) in [4.78, 5) is 52.1. The first-order valence-corrected chi connectivity index (χ1v) is 9.73. The highest BCUT2D eigenvalue weighted by molar-refractivity contribution is 6.10. The number of hydrogen-bond donors (Lipinski definition) is 2. The molecular weight excluding hydrogens is 360 g/mol. The van der Waals surface area contributed by atoms with Gasteiger partial charge in [-0.1, -0.05) is 12.8 Å². The Bertz CT molecular complexity index is 780. The molecule has 1 aliphatic carbocycles. The van der Waals surface area contributed by atoms with Crippen LogP contribution in [0.2, 0.25) is 0 Å². The molecule has 1 aliphatic heterocycles. The van der Waals surface area contributed by atoms with Crippen LogP contribution >= 0.6 is 0 Å². The summed E-state index contributed by atoms with van der Waals surface area (Å²) < 4.78 is 0. The summed E-state index contributed by atoms with van der Waals surface area (Å²) in [5.74, 6) is -0.837. The second-order valence-electron chi connectivity index (χ2n) is 7.21. The average molecular weight is 386 g/mol. The number of anilines is 1. The summed E-state index contributed by atoms with van der Waals surface area (Å²) in [7, 11) is 0. The van der Waals surface area contributed by atoms with Crippen LogP contribution in [0.5, 0.6) is 0 Å². The fourth-order valence-electron chi connectivity index (χ4n) is 3.87. The smallest absolute Gasteiger partial charge is 0.325 e. The first kappa shape index (κ1) is 19.9. The number of rotatable bonds is 6. The molecular formula is C20H26N4O4. The maximum atomic E-state index is 12.6. The lowest BCUT2D eigenvalue weighted by atomic mass is 9.98. The molecule has 0 radical (unpaired) electrons. The van der Waals surface area contributed by atoms with E-state index in [0.29, 0.717) is 37.2 Å². The van der Waals surface area contributed by atoms with Gasteiger partial charge in [0.1, 0.15) is 12.1 Å². The van der Waals surface area contributed by atoms with Gasteiger partial charge in [0.15, 0.2) is 0 Å². The molecule has 28 heavy (non-hydrogen) atoms. The van der Waals surface area contributed by atoms with Gasteiger partial charge in [0.25, 0.3) is 11.8 Å². The summed E-state index contributed by atoms with van der Waals surface area (Å²) in [5, 5.41) is 5.43. The summed E-state index contributed by atoms with van der Waals surface area (Å²) in [6.45, 7) is 4.76. The van der Waals surface area contributed by atoms with Crippen molar-refractivity contribution in [1.82, 2.24) is 15.1 Å². The quantitative estimate of drug-likeness (QED) is 0.730. The van der Waals surface area contributed by atoms with Gasteiger partial charge in [-0.05, 0) is 51.0 Å². The molecule has 0 unspecified atom stereocenters. The van der Waals surface area contributed by atoms with Crippen molar-refractivity contribution in [2.45, 2.75) is 45.1 Å². The molecule has 2 N–H and O–H groups in total. The molecule has 1 saturated carbocycles. The molecule has 0 aromatic heterocycles. The van der Waals surface area contributed by atoms with E-state index in [9.17, 15) is 19.2 Å². The summed E-state index contributed by atoms with van der Waals surface area (Å²) >= 11 is 0. The Balaban J connectivity index is 1.60. The Labute approximate surface area is 164 Å². The van der Waals surface area contributed by atoms with E-state index in [4.69, 9.17) is 0 Å². The van der Waals surface area contributed by atoms with Crippen molar-refractivity contribution in [3.05, 3.63) is 29.8 Å². The third kappa shape index (κ3) is 3.72. The van der Waals surface area contributed by atoms with Crippen LogP contribution < -0.4 is 10.6 Å². The number of imide groups is 1. The Morgan fingerprint density at radius 1 is 1.11 bits per heavy atom. The zero-order valence-corrected chi connectivity index (χ0v) is 16.3. The standard InChI is InChI=1S/C20H26N4O4/c1-3-23(4-2)17(26)14-7-9-15(10-8-14)21-16(25)13-24-18(27)20(22-19(24)28)11-5-6-12-20/h7-10H,3-6,11-13H2,1-2H3,(H,21,25)(H,22,28). The first-order chi connectivity index (χ1) is 13.4. The Morgan fingerprint density at radius 3 is 2.29 bits per heavy atom. The van der Waals surface area contributed by atoms with Gasteiger partial charge < -0.3 is 15.5 Å². The largest absolute Gasteiger partial charge is 0.339 e. The Kier molecular flexibility index (Phi) is 5.67. The summed E-state index contributed by atoms with van der Waals surface area (Å²) in [6, 6.07) is 6.06. The zero-order chi connectivity index (χ0) is 20.3. The zero-order valence-electron chi connectivity index (χ0n) is 16.3. The van der Waals surface area contributed by atoms with Crippen molar-refractivity contribution in [2.75, 3.05) is 25.0 Å². The van der Waals surface area contributed by atoms with E-state index in [0.717, 1.165) is 17.7 Å². The minimum Gasteiger partial charge on any atom is -0.339 e. The fraction of sp³-hybridized carbons (Fsp3) is 0.500. The molecule has 1 saturated heterocycles. The van der Waals surface area contributed by atoms with Crippen LogP contribution in [0.25, 0.3) is 0 Å². The topological polar surface area (TPSA) is 98.8 Å². The van der Waals surface area contributed by atoms with Crippen LogP contribution in [0, 0.1) is 0 Å². The van der Waals surface area contributed by atoms with E-state index < -0.39 is 17.5 Å². The van der Waals surface area contributed by atoms with E-state index in [1.54, 1.807) is 29.2 Å². The Morgan fingerprint density at radius 2 is 1.71 bits per heavy atom. The van der Waals surface area contributed by atoms with E-state index in [2.05, 4.69) is 10.6 Å². The number of hydrogen-bond acceptors (Lipinski definition) is 4. The summed E-state index contributed by atoms with van der Waals surface area (Å²) in [6.07, 6.45) is 3.03.